The standard InChI is InChI=1S/C15H13N3O4S.C15H14O3.Ca.2H/c1-18-13(15(20)17-12-8-4-5-9-16-12)14(19)10-6-2-3-7-11(10)23(18,21)22;1-11(15(16)17)12-6-5-9-14(10-12)18-13-7-3-2-4-8-13;;;/h2-9,19H,1H3,(H,16,17,20);2-11H,1H3,(H,16,17);;;/q;;+2;2*-1. The molecule has 10 nitrogen and oxygen atoms in total. The normalized spacial score (nSPS) is 13.8. The number of anilines is 1. The van der Waals surface area contributed by atoms with Crippen molar-refractivity contribution in [3.8, 4) is 11.5 Å². The van der Waals surface area contributed by atoms with Crippen LogP contribution in [0, 0.1) is 0 Å². The average Bonchev–Trinajstić information content (AvgIpc) is 2.97. The number of nitrogens with zero attached hydrogens (tertiary/aromatic N) is 2. The van der Waals surface area contributed by atoms with Gasteiger partial charge in [0.05, 0.1) is 10.8 Å². The van der Waals surface area contributed by atoms with Crippen LogP contribution in [0.4, 0.5) is 5.82 Å². The van der Waals surface area contributed by atoms with Crippen LogP contribution in [0.1, 0.15) is 26.8 Å². The van der Waals surface area contributed by atoms with Crippen LogP contribution in [0.15, 0.2) is 114 Å². The van der Waals surface area contributed by atoms with Gasteiger partial charge in [-0.2, -0.15) is 0 Å². The molecule has 0 fully saturated rings. The minimum atomic E-state index is -3.91. The molecule has 0 bridgehead atoms. The van der Waals surface area contributed by atoms with E-state index in [4.69, 9.17) is 9.84 Å². The molecule has 1 amide bonds. The predicted molar refractivity (Wildman–Crippen MR) is 161 cm³/mol. The van der Waals surface area contributed by atoms with Gasteiger partial charge < -0.3 is 23.1 Å². The first-order chi connectivity index (χ1) is 19.6. The SMILES string of the molecule is CC(C(=O)O)c1cccc(Oc2ccccc2)c1.CN1C(C(=O)Nc2ccccn2)=C(O)c2ccccc2S1(=O)=O.[Ca+2].[H-].[H-]. The number of rotatable bonds is 6. The van der Waals surface area contributed by atoms with E-state index in [0.717, 1.165) is 15.6 Å². The first-order valence-corrected chi connectivity index (χ1v) is 13.8. The number of carbonyl (C=O) groups is 2. The van der Waals surface area contributed by atoms with E-state index in [1.54, 1.807) is 55.5 Å². The van der Waals surface area contributed by atoms with Crippen molar-refractivity contribution in [1.82, 2.24) is 9.29 Å². The molecule has 1 aromatic heterocycles. The smallest absolute Gasteiger partial charge is 1.00 e. The zero-order chi connectivity index (χ0) is 29.6. The van der Waals surface area contributed by atoms with Gasteiger partial charge in [-0.3, -0.25) is 13.9 Å². The Morgan fingerprint density at radius 1 is 0.929 bits per heavy atom. The number of para-hydroxylation sites is 1. The summed E-state index contributed by atoms with van der Waals surface area (Å²) in [6.45, 7) is 1.66. The molecule has 0 saturated heterocycles. The zero-order valence-electron chi connectivity index (χ0n) is 24.8. The minimum absolute atomic E-state index is 0. The number of carbonyl (C=O) groups excluding carboxylic acids is 1. The number of aliphatic carboxylic acids is 1. The number of aromatic nitrogens is 1. The van der Waals surface area contributed by atoms with Gasteiger partial charge in [-0.1, -0.05) is 48.5 Å². The van der Waals surface area contributed by atoms with Crippen molar-refractivity contribution in [3.05, 3.63) is 120 Å². The number of nitrogens with one attached hydrogen (secondary N) is 1. The Hall–Kier alpha value is -3.90. The van der Waals surface area contributed by atoms with Crippen molar-refractivity contribution in [3.63, 3.8) is 0 Å². The van der Waals surface area contributed by atoms with Crippen molar-refractivity contribution >= 4 is 71.2 Å². The molecule has 3 aromatic carbocycles. The average molecular weight is 616 g/mol. The summed E-state index contributed by atoms with van der Waals surface area (Å²) >= 11 is 0. The van der Waals surface area contributed by atoms with Crippen LogP contribution in [-0.2, 0) is 19.6 Å². The van der Waals surface area contributed by atoms with Crippen LogP contribution in [-0.4, -0.2) is 84.6 Å². The molecule has 12 heteroatoms. The van der Waals surface area contributed by atoms with Crippen molar-refractivity contribution in [2.75, 3.05) is 12.4 Å². The molecule has 0 spiro atoms. The van der Waals surface area contributed by atoms with E-state index in [1.807, 2.05) is 36.4 Å². The molecule has 0 radical (unpaired) electrons. The number of benzene rings is 3. The van der Waals surface area contributed by atoms with Gasteiger partial charge in [-0.25, -0.2) is 13.4 Å². The summed E-state index contributed by atoms with van der Waals surface area (Å²) in [5, 5.41) is 21.8. The summed E-state index contributed by atoms with van der Waals surface area (Å²) in [6.07, 6.45) is 1.49. The molecular formula is C30H29CaN3O7S. The fraction of sp³-hybridized carbons (Fsp3) is 0.100. The first-order valence-electron chi connectivity index (χ1n) is 12.4. The number of hydrogen-bond acceptors (Lipinski definition) is 7. The van der Waals surface area contributed by atoms with Gasteiger partial charge in [0.25, 0.3) is 15.9 Å². The van der Waals surface area contributed by atoms with E-state index in [2.05, 4.69) is 10.3 Å². The van der Waals surface area contributed by atoms with E-state index in [1.165, 1.54) is 25.4 Å². The van der Waals surface area contributed by atoms with Crippen LogP contribution < -0.4 is 10.1 Å². The Morgan fingerprint density at radius 2 is 1.57 bits per heavy atom. The van der Waals surface area contributed by atoms with E-state index in [-0.39, 0.29) is 62.6 Å². The second-order valence-corrected chi connectivity index (χ2v) is 10.8. The fourth-order valence-corrected chi connectivity index (χ4v) is 5.31. The van der Waals surface area contributed by atoms with Crippen LogP contribution in [0.3, 0.4) is 0 Å². The van der Waals surface area contributed by atoms with Crippen LogP contribution in [0.5, 0.6) is 11.5 Å². The van der Waals surface area contributed by atoms with Crippen LogP contribution in [0.25, 0.3) is 5.76 Å². The summed E-state index contributed by atoms with van der Waals surface area (Å²) in [4.78, 5) is 27.2. The van der Waals surface area contributed by atoms with Gasteiger partial charge in [-0.15, -0.1) is 0 Å². The Balaban J connectivity index is 0.000000423. The number of likely N-dealkylation sites (N-methyl/N-ethyl adjacent to an activating group) is 1. The fourth-order valence-electron chi connectivity index (χ4n) is 3.91. The summed E-state index contributed by atoms with van der Waals surface area (Å²) in [7, 11) is -2.69. The molecule has 1 atom stereocenters. The number of aliphatic hydroxyl groups is 1. The van der Waals surface area contributed by atoms with Gasteiger partial charge in [-0.05, 0) is 61.0 Å². The molecule has 4 aromatic rings. The van der Waals surface area contributed by atoms with Crippen molar-refractivity contribution in [1.29, 1.82) is 0 Å². The summed E-state index contributed by atoms with van der Waals surface area (Å²) in [5.74, 6) is -0.906. The monoisotopic (exact) mass is 615 g/mol. The van der Waals surface area contributed by atoms with Gasteiger partial charge in [0, 0.05) is 18.8 Å². The molecule has 5 rings (SSSR count). The zero-order valence-corrected chi connectivity index (χ0v) is 25.9. The molecular weight excluding hydrogens is 586 g/mol. The number of hydrogen-bond donors (Lipinski definition) is 3. The van der Waals surface area contributed by atoms with Gasteiger partial charge in [0.1, 0.15) is 17.3 Å². The third-order valence-corrected chi connectivity index (χ3v) is 7.96. The molecule has 3 N–H and O–H groups in total. The third kappa shape index (κ3) is 7.48. The summed E-state index contributed by atoms with van der Waals surface area (Å²) in [5.41, 5.74) is 0.474. The van der Waals surface area contributed by atoms with Crippen molar-refractivity contribution in [2.45, 2.75) is 17.7 Å². The quantitative estimate of drug-likeness (QED) is 0.254. The third-order valence-electron chi connectivity index (χ3n) is 6.15. The maximum atomic E-state index is 12.5. The maximum Gasteiger partial charge on any atom is 2.00 e. The van der Waals surface area contributed by atoms with Gasteiger partial charge >= 0.3 is 43.7 Å². The number of fused-ring (bicyclic) bond motifs is 1. The van der Waals surface area contributed by atoms with Crippen molar-refractivity contribution < 1.29 is 35.8 Å². The van der Waals surface area contributed by atoms with Gasteiger partial charge in [0.2, 0.25) is 0 Å². The Morgan fingerprint density at radius 3 is 2.24 bits per heavy atom. The van der Waals surface area contributed by atoms with Crippen LogP contribution >= 0.6 is 0 Å². The number of aliphatic hydroxyl groups excluding tert-OH is 1. The summed E-state index contributed by atoms with van der Waals surface area (Å²) < 4.78 is 31.4. The topological polar surface area (TPSA) is 146 Å². The van der Waals surface area contributed by atoms with Gasteiger partial charge in [0.15, 0.2) is 11.5 Å². The number of carboxylic acid groups (broad SMARTS) is 1. The number of amides is 1. The number of carboxylic acids is 1. The number of sulfonamides is 1. The molecule has 214 valence electrons. The first kappa shape index (κ1) is 32.6. The van der Waals surface area contributed by atoms with Crippen molar-refractivity contribution in [2.24, 2.45) is 0 Å². The minimum Gasteiger partial charge on any atom is -1.00 e. The second kappa shape index (κ2) is 14.3. The second-order valence-electron chi connectivity index (χ2n) is 8.88. The predicted octanol–water partition coefficient (Wildman–Crippen LogP) is 5.09. The molecule has 0 aliphatic carbocycles. The van der Waals surface area contributed by atoms with Crippen LogP contribution in [0.2, 0.25) is 0 Å². The van der Waals surface area contributed by atoms with E-state index in [0.29, 0.717) is 5.75 Å². The Kier molecular flexibility index (Phi) is 11.1. The molecule has 0 saturated carbocycles. The molecule has 42 heavy (non-hydrogen) atoms. The van der Waals surface area contributed by atoms with E-state index < -0.39 is 33.6 Å². The molecule has 2 heterocycles. The van der Waals surface area contributed by atoms with E-state index >= 15 is 0 Å². The molecule has 1 unspecified atom stereocenters. The largest absolute Gasteiger partial charge is 2.00 e. The molecule has 1 aliphatic heterocycles. The van der Waals surface area contributed by atoms with E-state index in [9.17, 15) is 23.1 Å². The number of ether oxygens (including phenoxy) is 1. The Bertz CT molecular complexity index is 1710. The maximum absolute atomic E-state index is 12.5. The Labute approximate surface area is 276 Å². The summed E-state index contributed by atoms with van der Waals surface area (Å²) in [6, 6.07) is 27.4. The molecule has 1 aliphatic rings. The number of pyridine rings is 1.